The number of ether oxygens (including phenoxy) is 2. The number of nitrogens with one attached hydrogen (secondary N) is 1. The van der Waals surface area contributed by atoms with E-state index in [0.717, 1.165) is 17.7 Å². The van der Waals surface area contributed by atoms with Crippen LogP contribution in [-0.4, -0.2) is 32.5 Å². The van der Waals surface area contributed by atoms with Gasteiger partial charge in [-0.3, -0.25) is 0 Å². The summed E-state index contributed by atoms with van der Waals surface area (Å²) in [6, 6.07) is 13.5. The van der Waals surface area contributed by atoms with Crippen LogP contribution in [0.4, 0.5) is 19.1 Å². The summed E-state index contributed by atoms with van der Waals surface area (Å²) in [7, 11) is 0. The number of carbonyl (C=O) groups is 1. The Kier molecular flexibility index (Phi) is 5.32. The number of anilines is 1. The monoisotopic (exact) mass is 431 g/mol. The van der Waals surface area contributed by atoms with E-state index < -0.39 is 18.4 Å². The molecule has 0 fully saturated rings. The van der Waals surface area contributed by atoms with Gasteiger partial charge in [-0.1, -0.05) is 47.6 Å². The van der Waals surface area contributed by atoms with E-state index in [0.29, 0.717) is 11.3 Å². The molecule has 160 valence electrons. The van der Waals surface area contributed by atoms with Crippen molar-refractivity contribution < 1.29 is 27.4 Å². The predicted molar refractivity (Wildman–Crippen MR) is 102 cm³/mol. The summed E-state index contributed by atoms with van der Waals surface area (Å²) >= 11 is 0. The van der Waals surface area contributed by atoms with Crippen molar-refractivity contribution in [1.82, 2.24) is 20.2 Å². The van der Waals surface area contributed by atoms with Gasteiger partial charge in [-0.05, 0) is 40.6 Å². The highest BCUT2D eigenvalue weighted by atomic mass is 19.4. The first-order chi connectivity index (χ1) is 14.8. The number of halogens is 3. The van der Waals surface area contributed by atoms with Gasteiger partial charge in [-0.15, -0.1) is 13.2 Å². The van der Waals surface area contributed by atoms with E-state index >= 15 is 0 Å². The van der Waals surface area contributed by atoms with Crippen LogP contribution in [0.15, 0.2) is 65.9 Å². The van der Waals surface area contributed by atoms with E-state index in [2.05, 4.69) is 25.6 Å². The molecule has 31 heavy (non-hydrogen) atoms. The van der Waals surface area contributed by atoms with Crippen molar-refractivity contribution in [1.29, 1.82) is 0 Å². The first-order valence-electron chi connectivity index (χ1n) is 9.14. The highest BCUT2D eigenvalue weighted by Crippen LogP contribution is 2.36. The van der Waals surface area contributed by atoms with Gasteiger partial charge in [0.25, 0.3) is 0 Å². The molecule has 1 N–H and O–H groups in total. The van der Waals surface area contributed by atoms with Gasteiger partial charge in [0.05, 0.1) is 5.57 Å². The topological polar surface area (TPSA) is 91.2 Å². The van der Waals surface area contributed by atoms with Crippen LogP contribution in [0.5, 0.6) is 5.75 Å². The average Bonchev–Trinajstić information content (AvgIpc) is 3.19. The number of hydrogen-bond acceptors (Lipinski definition) is 7. The summed E-state index contributed by atoms with van der Waals surface area (Å²) < 4.78 is 48.2. The number of tetrazole rings is 1. The quantitative estimate of drug-likeness (QED) is 0.617. The molecule has 0 aliphatic carbocycles. The Labute approximate surface area is 174 Å². The SMILES string of the molecule is CC1=C(C(=O)OCc2ccccc2)C(c2ccc(OC(F)(F)F)cc2)n2nnnc2N1. The van der Waals surface area contributed by atoms with Crippen LogP contribution >= 0.6 is 0 Å². The molecule has 1 atom stereocenters. The Bertz CT molecular complexity index is 1110. The number of benzene rings is 2. The second kappa shape index (κ2) is 8.09. The van der Waals surface area contributed by atoms with Gasteiger partial charge in [0.1, 0.15) is 18.4 Å². The van der Waals surface area contributed by atoms with E-state index in [4.69, 9.17) is 4.74 Å². The number of carbonyl (C=O) groups excluding carboxylic acids is 1. The number of esters is 1. The van der Waals surface area contributed by atoms with E-state index in [1.807, 2.05) is 30.3 Å². The highest BCUT2D eigenvalue weighted by Gasteiger charge is 2.35. The van der Waals surface area contributed by atoms with Gasteiger partial charge in [0.2, 0.25) is 5.95 Å². The Balaban J connectivity index is 1.64. The number of aromatic nitrogens is 4. The molecule has 2 aromatic carbocycles. The zero-order valence-corrected chi connectivity index (χ0v) is 16.1. The average molecular weight is 431 g/mol. The zero-order valence-electron chi connectivity index (χ0n) is 16.1. The van der Waals surface area contributed by atoms with Gasteiger partial charge in [0.15, 0.2) is 0 Å². The molecule has 2 heterocycles. The molecule has 1 aliphatic rings. The van der Waals surface area contributed by atoms with E-state index in [1.54, 1.807) is 6.92 Å². The highest BCUT2D eigenvalue weighted by molar-refractivity contribution is 5.92. The van der Waals surface area contributed by atoms with Crippen LogP contribution in [0.2, 0.25) is 0 Å². The van der Waals surface area contributed by atoms with Crippen molar-refractivity contribution in [2.24, 2.45) is 0 Å². The Hall–Kier alpha value is -3.89. The number of alkyl halides is 3. The van der Waals surface area contributed by atoms with E-state index in [1.165, 1.54) is 16.8 Å². The lowest BCUT2D eigenvalue weighted by Gasteiger charge is -2.27. The van der Waals surface area contributed by atoms with Crippen molar-refractivity contribution in [3.63, 3.8) is 0 Å². The summed E-state index contributed by atoms with van der Waals surface area (Å²) in [5.74, 6) is -0.690. The third-order valence-corrected chi connectivity index (χ3v) is 4.58. The molecule has 0 saturated heterocycles. The lowest BCUT2D eigenvalue weighted by molar-refractivity contribution is -0.274. The lowest BCUT2D eigenvalue weighted by Crippen LogP contribution is -2.29. The van der Waals surface area contributed by atoms with Crippen molar-refractivity contribution in [3.8, 4) is 5.75 Å². The minimum absolute atomic E-state index is 0.0595. The summed E-state index contributed by atoms with van der Waals surface area (Å²) in [6.07, 6.45) is -4.80. The second-order valence-corrected chi connectivity index (χ2v) is 6.69. The molecular formula is C20H16F3N5O3. The van der Waals surface area contributed by atoms with Crippen LogP contribution in [0, 0.1) is 0 Å². The van der Waals surface area contributed by atoms with Crippen LogP contribution in [0.1, 0.15) is 24.1 Å². The maximum Gasteiger partial charge on any atom is 0.573 e. The Morgan fingerprint density at radius 1 is 1.13 bits per heavy atom. The summed E-state index contributed by atoms with van der Waals surface area (Å²) in [5.41, 5.74) is 2.00. The standard InChI is InChI=1S/C20H16F3N5O3/c1-12-16(18(29)30-11-13-5-3-2-4-6-13)17(28-19(24-12)25-26-27-28)14-7-9-15(10-8-14)31-20(21,22)23/h2-10,17H,11H2,1H3,(H,24,25,27). The molecule has 0 saturated carbocycles. The van der Waals surface area contributed by atoms with Crippen LogP contribution in [0.25, 0.3) is 0 Å². The molecule has 0 bridgehead atoms. The third-order valence-electron chi connectivity index (χ3n) is 4.58. The molecule has 4 rings (SSSR count). The van der Waals surface area contributed by atoms with E-state index in [9.17, 15) is 18.0 Å². The van der Waals surface area contributed by atoms with Crippen molar-refractivity contribution in [3.05, 3.63) is 77.0 Å². The largest absolute Gasteiger partial charge is 0.573 e. The van der Waals surface area contributed by atoms with Crippen LogP contribution < -0.4 is 10.1 Å². The zero-order chi connectivity index (χ0) is 22.0. The number of rotatable bonds is 5. The molecule has 0 amide bonds. The summed E-state index contributed by atoms with van der Waals surface area (Å²) in [4.78, 5) is 13.0. The molecule has 11 heteroatoms. The van der Waals surface area contributed by atoms with Crippen molar-refractivity contribution in [2.75, 3.05) is 5.32 Å². The maximum atomic E-state index is 13.0. The first-order valence-corrected chi connectivity index (χ1v) is 9.14. The van der Waals surface area contributed by atoms with Gasteiger partial charge >= 0.3 is 12.3 Å². The molecule has 1 aliphatic heterocycles. The normalized spacial score (nSPS) is 15.8. The fourth-order valence-electron chi connectivity index (χ4n) is 3.24. The Morgan fingerprint density at radius 2 is 1.84 bits per heavy atom. The molecule has 3 aromatic rings. The molecule has 1 aromatic heterocycles. The third kappa shape index (κ3) is 4.49. The smallest absolute Gasteiger partial charge is 0.457 e. The minimum Gasteiger partial charge on any atom is -0.457 e. The number of hydrogen-bond donors (Lipinski definition) is 1. The molecule has 0 radical (unpaired) electrons. The van der Waals surface area contributed by atoms with Gasteiger partial charge in [-0.25, -0.2) is 4.79 Å². The fraction of sp³-hybridized carbons (Fsp3) is 0.200. The van der Waals surface area contributed by atoms with Gasteiger partial charge < -0.3 is 14.8 Å². The molecular weight excluding hydrogens is 415 g/mol. The molecule has 1 unspecified atom stereocenters. The van der Waals surface area contributed by atoms with Gasteiger partial charge in [-0.2, -0.15) is 4.68 Å². The predicted octanol–water partition coefficient (Wildman–Crippen LogP) is 3.60. The molecule has 8 nitrogen and oxygen atoms in total. The van der Waals surface area contributed by atoms with E-state index in [-0.39, 0.29) is 23.9 Å². The van der Waals surface area contributed by atoms with Crippen molar-refractivity contribution in [2.45, 2.75) is 25.9 Å². The lowest BCUT2D eigenvalue weighted by atomic mass is 9.95. The number of allylic oxidation sites excluding steroid dienone is 1. The maximum absolute atomic E-state index is 13.0. The first kappa shape index (κ1) is 20.4. The number of nitrogens with zero attached hydrogens (tertiary/aromatic N) is 4. The van der Waals surface area contributed by atoms with Crippen LogP contribution in [0.3, 0.4) is 0 Å². The fourth-order valence-corrected chi connectivity index (χ4v) is 3.24. The van der Waals surface area contributed by atoms with Gasteiger partial charge in [0, 0.05) is 5.70 Å². The molecule has 0 spiro atoms. The van der Waals surface area contributed by atoms with Crippen LogP contribution in [-0.2, 0) is 16.1 Å². The van der Waals surface area contributed by atoms with Crippen molar-refractivity contribution >= 4 is 11.9 Å². The minimum atomic E-state index is -4.80. The summed E-state index contributed by atoms with van der Waals surface area (Å²) in [6.45, 7) is 1.73. The second-order valence-electron chi connectivity index (χ2n) is 6.69. The summed E-state index contributed by atoms with van der Waals surface area (Å²) in [5, 5.41) is 14.3. The number of fused-ring (bicyclic) bond motifs is 1. The Morgan fingerprint density at radius 3 is 2.52 bits per heavy atom.